The van der Waals surface area contributed by atoms with E-state index in [1.54, 1.807) is 0 Å². The summed E-state index contributed by atoms with van der Waals surface area (Å²) in [6.07, 6.45) is 3.94. The molecule has 0 unspecified atom stereocenters. The molecule has 1 heterocycles. The maximum absolute atomic E-state index is 8.58. The van der Waals surface area contributed by atoms with Gasteiger partial charge in [0.05, 0.1) is 6.54 Å². The van der Waals surface area contributed by atoms with Crippen LogP contribution in [0.3, 0.4) is 0 Å². The van der Waals surface area contributed by atoms with Gasteiger partial charge in [-0.05, 0) is 41.5 Å². The number of nitriles is 1. The Morgan fingerprint density at radius 2 is 1.96 bits per heavy atom. The van der Waals surface area contributed by atoms with E-state index in [0.29, 0.717) is 18.3 Å². The van der Waals surface area contributed by atoms with Gasteiger partial charge in [-0.3, -0.25) is 10.3 Å². The van der Waals surface area contributed by atoms with Crippen LogP contribution in [0.15, 0.2) is 58.4 Å². The number of benzene rings is 2. The first kappa shape index (κ1) is 16.4. The fourth-order valence-electron chi connectivity index (χ4n) is 2.12. The number of amidine groups is 1. The summed E-state index contributed by atoms with van der Waals surface area (Å²) in [4.78, 5) is 5.33. The smallest absolute Gasteiger partial charge is 0.183 e. The Hall–Kier alpha value is -2.42. The van der Waals surface area contributed by atoms with Crippen LogP contribution in [0.1, 0.15) is 11.1 Å². The number of thioether (sulfide) groups is 1. The molecule has 24 heavy (non-hydrogen) atoms. The monoisotopic (exact) mass is 355 g/mol. The summed E-state index contributed by atoms with van der Waals surface area (Å²) in [6.45, 7) is 1.11. The maximum atomic E-state index is 8.58. The summed E-state index contributed by atoms with van der Waals surface area (Å²) >= 11 is 7.35. The largest absolute Gasteiger partial charge is 0.489 e. The molecule has 1 aliphatic heterocycles. The minimum absolute atomic E-state index is 0.504. The number of aliphatic imine (C=N–C) groups is 1. The lowest BCUT2D eigenvalue weighted by Gasteiger charge is -2.07. The molecule has 0 aliphatic carbocycles. The van der Waals surface area contributed by atoms with Gasteiger partial charge in [-0.25, -0.2) is 0 Å². The molecule has 0 radical (unpaired) electrons. The van der Waals surface area contributed by atoms with Crippen LogP contribution >= 0.6 is 23.4 Å². The van der Waals surface area contributed by atoms with Crippen LogP contribution in [0.2, 0.25) is 5.02 Å². The van der Waals surface area contributed by atoms with Crippen LogP contribution in [0.5, 0.6) is 5.75 Å². The Balaban J connectivity index is 1.56. The molecule has 1 aliphatic rings. The molecule has 0 saturated carbocycles. The molecule has 0 amide bonds. The van der Waals surface area contributed by atoms with Crippen LogP contribution in [-0.4, -0.2) is 11.7 Å². The summed E-state index contributed by atoms with van der Waals surface area (Å²) in [7, 11) is 0. The molecule has 0 saturated heterocycles. The van der Waals surface area contributed by atoms with Gasteiger partial charge >= 0.3 is 0 Å². The van der Waals surface area contributed by atoms with E-state index in [9.17, 15) is 0 Å². The van der Waals surface area contributed by atoms with Crippen LogP contribution in [0, 0.1) is 11.5 Å². The second-order valence-electron chi connectivity index (χ2n) is 5.06. The number of halogens is 1. The van der Waals surface area contributed by atoms with Crippen molar-refractivity contribution in [2.75, 3.05) is 6.54 Å². The van der Waals surface area contributed by atoms with Crippen molar-refractivity contribution in [3.8, 4) is 11.9 Å². The van der Waals surface area contributed by atoms with E-state index in [2.05, 4.69) is 16.4 Å². The fraction of sp³-hybridized carbons (Fsp3) is 0.111. The van der Waals surface area contributed by atoms with Crippen LogP contribution < -0.4 is 10.1 Å². The third-order valence-corrected chi connectivity index (χ3v) is 4.48. The molecule has 3 rings (SSSR count). The first-order valence-corrected chi connectivity index (χ1v) is 8.48. The van der Waals surface area contributed by atoms with Crippen LogP contribution in [0.4, 0.5) is 0 Å². The van der Waals surface area contributed by atoms with Crippen molar-refractivity contribution in [3.05, 3.63) is 69.6 Å². The second kappa shape index (κ2) is 7.91. The van der Waals surface area contributed by atoms with Gasteiger partial charge in [-0.15, -0.1) is 0 Å². The molecular weight excluding hydrogens is 342 g/mol. The summed E-state index contributed by atoms with van der Waals surface area (Å²) in [5.74, 6) is 0.814. The van der Waals surface area contributed by atoms with Crippen molar-refractivity contribution in [1.29, 1.82) is 5.26 Å². The molecule has 0 aromatic heterocycles. The third kappa shape index (κ3) is 4.54. The van der Waals surface area contributed by atoms with Crippen molar-refractivity contribution < 1.29 is 4.74 Å². The van der Waals surface area contributed by atoms with E-state index >= 15 is 0 Å². The first-order chi connectivity index (χ1) is 11.7. The minimum Gasteiger partial charge on any atom is -0.489 e. The van der Waals surface area contributed by atoms with Crippen molar-refractivity contribution in [2.24, 2.45) is 4.99 Å². The topological polar surface area (TPSA) is 57.4 Å². The average molecular weight is 356 g/mol. The highest BCUT2D eigenvalue weighted by atomic mass is 35.5. The predicted octanol–water partition coefficient (Wildman–Crippen LogP) is 4.43. The highest BCUT2D eigenvalue weighted by Gasteiger charge is 2.12. The number of hydrogen-bond donors (Lipinski definition) is 1. The van der Waals surface area contributed by atoms with Gasteiger partial charge in [0.2, 0.25) is 0 Å². The van der Waals surface area contributed by atoms with E-state index in [-0.39, 0.29) is 0 Å². The molecule has 1 N–H and O–H groups in total. The fourth-order valence-corrected chi connectivity index (χ4v) is 3.04. The van der Waals surface area contributed by atoms with Gasteiger partial charge in [0.25, 0.3) is 0 Å². The average Bonchev–Trinajstić information content (AvgIpc) is 3.03. The zero-order chi connectivity index (χ0) is 16.8. The van der Waals surface area contributed by atoms with Gasteiger partial charge in [0.15, 0.2) is 11.4 Å². The van der Waals surface area contributed by atoms with E-state index in [1.165, 1.54) is 11.8 Å². The molecule has 0 bridgehead atoms. The Kier molecular flexibility index (Phi) is 5.42. The normalized spacial score (nSPS) is 15.0. The Labute approximate surface area is 149 Å². The molecule has 2 aromatic carbocycles. The van der Waals surface area contributed by atoms with Gasteiger partial charge < -0.3 is 4.74 Å². The van der Waals surface area contributed by atoms with Gasteiger partial charge in [-0.2, -0.15) is 5.26 Å². The summed E-state index contributed by atoms with van der Waals surface area (Å²) < 4.78 is 5.77. The van der Waals surface area contributed by atoms with Crippen molar-refractivity contribution in [2.45, 2.75) is 6.61 Å². The molecular formula is C18H14ClN3OS. The molecule has 0 spiro atoms. The minimum atomic E-state index is 0.504. The van der Waals surface area contributed by atoms with E-state index in [4.69, 9.17) is 21.6 Å². The number of ether oxygens (including phenoxy) is 1. The molecule has 120 valence electrons. The van der Waals surface area contributed by atoms with Crippen molar-refractivity contribution in [1.82, 2.24) is 5.32 Å². The summed E-state index contributed by atoms with van der Waals surface area (Å²) in [6, 6.07) is 15.5. The zero-order valence-electron chi connectivity index (χ0n) is 12.7. The SMILES string of the molecule is N#CNC1=NCC(=Cc2ccc(OCc3ccc(Cl)cc3)cc2)S1. The molecule has 4 nitrogen and oxygen atoms in total. The van der Waals surface area contributed by atoms with Crippen molar-refractivity contribution in [3.63, 3.8) is 0 Å². The highest BCUT2D eigenvalue weighted by molar-refractivity contribution is 8.17. The van der Waals surface area contributed by atoms with Gasteiger partial charge in [-0.1, -0.05) is 47.6 Å². The lowest BCUT2D eigenvalue weighted by atomic mass is 10.2. The second-order valence-corrected chi connectivity index (χ2v) is 6.61. The quantitative estimate of drug-likeness (QED) is 0.651. The molecule has 0 fully saturated rings. The standard InChI is InChI=1S/C18H14ClN3OS/c19-15-5-1-14(2-6-15)11-23-16-7-3-13(4-8-16)9-17-10-21-18(24-17)22-12-20/h1-9H,10-11H2,(H,21,22). The van der Waals surface area contributed by atoms with E-state index < -0.39 is 0 Å². The lowest BCUT2D eigenvalue weighted by Crippen LogP contribution is -2.10. The van der Waals surface area contributed by atoms with E-state index in [0.717, 1.165) is 26.8 Å². The lowest BCUT2D eigenvalue weighted by molar-refractivity contribution is 0.306. The van der Waals surface area contributed by atoms with Crippen LogP contribution in [-0.2, 0) is 6.61 Å². The molecule has 2 aromatic rings. The Morgan fingerprint density at radius 3 is 2.67 bits per heavy atom. The first-order valence-electron chi connectivity index (χ1n) is 7.28. The third-order valence-electron chi connectivity index (χ3n) is 3.30. The number of nitrogens with zero attached hydrogens (tertiary/aromatic N) is 2. The van der Waals surface area contributed by atoms with Gasteiger partial charge in [0, 0.05) is 9.93 Å². The van der Waals surface area contributed by atoms with E-state index in [1.807, 2.05) is 54.7 Å². The summed E-state index contributed by atoms with van der Waals surface area (Å²) in [5.41, 5.74) is 2.15. The zero-order valence-corrected chi connectivity index (χ0v) is 14.3. The summed E-state index contributed by atoms with van der Waals surface area (Å²) in [5, 5.41) is 12.5. The van der Waals surface area contributed by atoms with Gasteiger partial charge in [0.1, 0.15) is 12.4 Å². The molecule has 6 heteroatoms. The Morgan fingerprint density at radius 1 is 1.21 bits per heavy atom. The molecule has 0 atom stereocenters. The maximum Gasteiger partial charge on any atom is 0.183 e. The predicted molar refractivity (Wildman–Crippen MR) is 98.8 cm³/mol. The van der Waals surface area contributed by atoms with Crippen LogP contribution in [0.25, 0.3) is 6.08 Å². The van der Waals surface area contributed by atoms with Crippen molar-refractivity contribution >= 4 is 34.6 Å². The number of hydrogen-bond acceptors (Lipinski definition) is 5. The number of rotatable bonds is 4. The Bertz CT molecular complexity index is 808. The number of nitrogens with one attached hydrogen (secondary N) is 1. The highest BCUT2D eigenvalue weighted by Crippen LogP contribution is 2.26.